The predicted molar refractivity (Wildman–Crippen MR) is 66.2 cm³/mol. The van der Waals surface area contributed by atoms with Crippen molar-refractivity contribution in [2.45, 2.75) is 19.2 Å². The largest absolute Gasteiger partial charge is 0.479 e. The minimum Gasteiger partial charge on any atom is -0.479 e. The Hall–Kier alpha value is -2.26. The average molecular weight is 303 g/mol. The molecule has 0 amide bonds. The highest BCUT2D eigenvalue weighted by Crippen LogP contribution is 2.30. The summed E-state index contributed by atoms with van der Waals surface area (Å²) in [6, 6.07) is 4.47. The van der Waals surface area contributed by atoms with E-state index in [-0.39, 0.29) is 0 Å². The quantitative estimate of drug-likeness (QED) is 0.888. The second kappa shape index (κ2) is 5.62. The van der Waals surface area contributed by atoms with Crippen LogP contribution in [0, 0.1) is 0 Å². The molecule has 114 valence electrons. The number of hydrogen-bond acceptors (Lipinski definition) is 5. The molecule has 0 aromatic heterocycles. The molecule has 1 heterocycles. The van der Waals surface area contributed by atoms with Crippen molar-refractivity contribution in [1.82, 2.24) is 10.7 Å². The molecule has 1 aliphatic heterocycles. The van der Waals surface area contributed by atoms with E-state index in [1.54, 1.807) is 0 Å². The van der Waals surface area contributed by atoms with Gasteiger partial charge in [0.05, 0.1) is 17.5 Å². The lowest BCUT2D eigenvalue weighted by Gasteiger charge is -2.23. The lowest BCUT2D eigenvalue weighted by Crippen LogP contribution is -2.42. The van der Waals surface area contributed by atoms with E-state index in [4.69, 9.17) is 9.94 Å². The molecule has 9 heteroatoms. The zero-order valence-electron chi connectivity index (χ0n) is 10.8. The van der Waals surface area contributed by atoms with Crippen molar-refractivity contribution in [1.29, 1.82) is 0 Å². The van der Waals surface area contributed by atoms with Gasteiger partial charge in [0.15, 0.2) is 6.10 Å². The molecule has 1 unspecified atom stereocenters. The fourth-order valence-corrected chi connectivity index (χ4v) is 1.53. The molecule has 21 heavy (non-hydrogen) atoms. The van der Waals surface area contributed by atoms with Crippen LogP contribution in [0.5, 0.6) is 0 Å². The Balaban J connectivity index is 1.99. The molecule has 0 spiro atoms. The number of carboxylic acids is 1. The van der Waals surface area contributed by atoms with Crippen molar-refractivity contribution in [2.75, 3.05) is 5.01 Å². The van der Waals surface area contributed by atoms with Gasteiger partial charge in [-0.05, 0) is 31.2 Å². The van der Waals surface area contributed by atoms with E-state index < -0.39 is 23.8 Å². The van der Waals surface area contributed by atoms with Crippen LogP contribution in [-0.2, 0) is 15.8 Å². The fourth-order valence-electron chi connectivity index (χ4n) is 1.53. The Morgan fingerprint density at radius 1 is 1.29 bits per heavy atom. The number of carbonyl (C=O) groups is 1. The SMILES string of the molecule is CC(ON1C=CN(c2ccc(C(F)(F)F)cc2)N1)C(=O)O. The molecule has 6 nitrogen and oxygen atoms in total. The van der Waals surface area contributed by atoms with Crippen molar-refractivity contribution in [3.05, 3.63) is 42.2 Å². The van der Waals surface area contributed by atoms with Gasteiger partial charge in [-0.2, -0.15) is 18.3 Å². The van der Waals surface area contributed by atoms with Gasteiger partial charge < -0.3 is 5.11 Å². The Kier molecular flexibility index (Phi) is 4.05. The summed E-state index contributed by atoms with van der Waals surface area (Å²) in [5.74, 6) is -1.14. The van der Waals surface area contributed by atoms with Crippen LogP contribution in [0.3, 0.4) is 0 Å². The number of aliphatic carboxylic acids is 1. The second-order valence-electron chi connectivity index (χ2n) is 4.22. The first-order valence-corrected chi connectivity index (χ1v) is 5.87. The zero-order valence-corrected chi connectivity index (χ0v) is 10.8. The highest BCUT2D eigenvalue weighted by atomic mass is 19.4. The molecular weight excluding hydrogens is 291 g/mol. The van der Waals surface area contributed by atoms with Gasteiger partial charge in [-0.15, -0.1) is 5.53 Å². The number of halogens is 3. The minimum absolute atomic E-state index is 0.438. The number of hydroxylamine groups is 1. The maximum Gasteiger partial charge on any atom is 0.416 e. The van der Waals surface area contributed by atoms with Gasteiger partial charge in [0, 0.05) is 6.20 Å². The third kappa shape index (κ3) is 3.64. The topological polar surface area (TPSA) is 65.0 Å². The Morgan fingerprint density at radius 2 is 1.90 bits per heavy atom. The number of nitrogens with one attached hydrogen (secondary N) is 1. The van der Waals surface area contributed by atoms with E-state index in [9.17, 15) is 18.0 Å². The summed E-state index contributed by atoms with van der Waals surface area (Å²) in [5.41, 5.74) is 2.33. The Morgan fingerprint density at radius 3 is 2.43 bits per heavy atom. The molecule has 0 aliphatic carbocycles. The first kappa shape index (κ1) is 15.1. The van der Waals surface area contributed by atoms with Crippen LogP contribution in [0.2, 0.25) is 0 Å². The number of carboxylic acid groups (broad SMARTS) is 1. The Labute approximate surface area is 117 Å². The minimum atomic E-state index is -4.39. The van der Waals surface area contributed by atoms with Crippen LogP contribution in [0.4, 0.5) is 18.9 Å². The normalized spacial score (nSPS) is 16.4. The molecule has 2 N–H and O–H groups in total. The molecule has 1 aromatic rings. The summed E-state index contributed by atoms with van der Waals surface area (Å²) in [6.07, 6.45) is -2.58. The van der Waals surface area contributed by atoms with Gasteiger partial charge in [0.25, 0.3) is 0 Å². The molecule has 1 aromatic carbocycles. The molecule has 2 rings (SSSR count). The van der Waals surface area contributed by atoms with E-state index in [2.05, 4.69) is 5.53 Å². The first-order chi connectivity index (χ1) is 9.77. The zero-order chi connectivity index (χ0) is 15.6. The number of rotatable bonds is 4. The van der Waals surface area contributed by atoms with Gasteiger partial charge in [0.2, 0.25) is 0 Å². The van der Waals surface area contributed by atoms with Crippen LogP contribution in [0.25, 0.3) is 0 Å². The predicted octanol–water partition coefficient (Wildman–Crippen LogP) is 2.12. The average Bonchev–Trinajstić information content (AvgIpc) is 2.86. The standard InChI is InChI=1S/C12H12F3N3O3/c1-8(11(19)20)21-18-7-6-17(16-18)10-4-2-9(3-5-10)12(13,14)15/h2-8,16H,1H3,(H,19,20). The van der Waals surface area contributed by atoms with Gasteiger partial charge in [-0.1, -0.05) is 0 Å². The monoisotopic (exact) mass is 303 g/mol. The van der Waals surface area contributed by atoms with Crippen molar-refractivity contribution < 1.29 is 27.9 Å². The van der Waals surface area contributed by atoms with Crippen molar-refractivity contribution in [2.24, 2.45) is 0 Å². The van der Waals surface area contributed by atoms with E-state index >= 15 is 0 Å². The molecule has 0 bridgehead atoms. The number of nitrogens with zero attached hydrogens (tertiary/aromatic N) is 2. The van der Waals surface area contributed by atoms with Crippen LogP contribution >= 0.6 is 0 Å². The van der Waals surface area contributed by atoms with Crippen LogP contribution in [-0.4, -0.2) is 22.4 Å². The fraction of sp³-hybridized carbons (Fsp3) is 0.250. The molecule has 0 fully saturated rings. The van der Waals surface area contributed by atoms with Gasteiger partial charge in [0.1, 0.15) is 0 Å². The maximum atomic E-state index is 12.5. The highest BCUT2D eigenvalue weighted by Gasteiger charge is 2.30. The summed E-state index contributed by atoms with van der Waals surface area (Å²) >= 11 is 0. The molecule has 1 aliphatic rings. The molecule has 0 saturated carbocycles. The highest BCUT2D eigenvalue weighted by molar-refractivity contribution is 5.71. The first-order valence-electron chi connectivity index (χ1n) is 5.87. The molecule has 0 saturated heterocycles. The molecule has 0 radical (unpaired) electrons. The van der Waals surface area contributed by atoms with Crippen LogP contribution < -0.4 is 10.5 Å². The summed E-state index contributed by atoms with van der Waals surface area (Å²) < 4.78 is 37.4. The molecular formula is C12H12F3N3O3. The summed E-state index contributed by atoms with van der Waals surface area (Å²) in [7, 11) is 0. The van der Waals surface area contributed by atoms with Crippen LogP contribution in [0.15, 0.2) is 36.7 Å². The van der Waals surface area contributed by atoms with Crippen molar-refractivity contribution in [3.8, 4) is 0 Å². The smallest absolute Gasteiger partial charge is 0.416 e. The Bertz CT molecular complexity index is 545. The second-order valence-corrected chi connectivity index (χ2v) is 4.22. The summed E-state index contributed by atoms with van der Waals surface area (Å²) in [6.45, 7) is 1.35. The third-order valence-electron chi connectivity index (χ3n) is 2.65. The maximum absolute atomic E-state index is 12.5. The summed E-state index contributed by atoms with van der Waals surface area (Å²) in [5, 5.41) is 11.1. The van der Waals surface area contributed by atoms with Crippen LogP contribution in [0.1, 0.15) is 12.5 Å². The number of hydrazine groups is 2. The van der Waals surface area contributed by atoms with Crippen molar-refractivity contribution >= 4 is 11.7 Å². The number of benzene rings is 1. The van der Waals surface area contributed by atoms with E-state index in [0.29, 0.717) is 5.69 Å². The van der Waals surface area contributed by atoms with Gasteiger partial charge >= 0.3 is 12.1 Å². The lowest BCUT2D eigenvalue weighted by molar-refractivity contribution is -0.201. The number of anilines is 1. The van der Waals surface area contributed by atoms with Crippen molar-refractivity contribution in [3.63, 3.8) is 0 Å². The van der Waals surface area contributed by atoms with Gasteiger partial charge in [-0.3, -0.25) is 5.01 Å². The summed E-state index contributed by atoms with van der Waals surface area (Å²) in [4.78, 5) is 15.7. The number of hydrogen-bond donors (Lipinski definition) is 2. The number of alkyl halides is 3. The van der Waals surface area contributed by atoms with E-state index in [1.165, 1.54) is 36.5 Å². The van der Waals surface area contributed by atoms with Gasteiger partial charge in [-0.25, -0.2) is 9.63 Å². The lowest BCUT2D eigenvalue weighted by atomic mass is 10.2. The van der Waals surface area contributed by atoms with E-state index in [1.807, 2.05) is 0 Å². The third-order valence-corrected chi connectivity index (χ3v) is 2.65. The van der Waals surface area contributed by atoms with E-state index in [0.717, 1.165) is 17.3 Å². The molecule has 1 atom stereocenters.